The first-order valence-corrected chi connectivity index (χ1v) is 8.01. The topological polar surface area (TPSA) is 35.8 Å². The lowest BCUT2D eigenvalue weighted by atomic mass is 9.95. The number of benzene rings is 1. The molecular formula is C14H17ClN2OS. The molecule has 1 N–H and O–H groups in total. The van der Waals surface area contributed by atoms with Crippen LogP contribution in [-0.4, -0.2) is 39.4 Å². The van der Waals surface area contributed by atoms with Crippen molar-refractivity contribution in [2.75, 3.05) is 19.0 Å². The van der Waals surface area contributed by atoms with Crippen molar-refractivity contribution < 1.29 is 5.11 Å². The monoisotopic (exact) mass is 296 g/mol. The highest BCUT2D eigenvalue weighted by Gasteiger charge is 2.52. The number of thioether (sulfide) groups is 1. The second-order valence-electron chi connectivity index (χ2n) is 4.85. The Hall–Kier alpha value is -0.710. The van der Waals surface area contributed by atoms with Gasteiger partial charge in [0.05, 0.1) is 5.25 Å². The van der Waals surface area contributed by atoms with E-state index in [9.17, 15) is 5.11 Å². The molecule has 3 rings (SSSR count). The van der Waals surface area contributed by atoms with Crippen molar-refractivity contribution in [3.63, 3.8) is 0 Å². The summed E-state index contributed by atoms with van der Waals surface area (Å²) in [6.45, 7) is 1.72. The van der Waals surface area contributed by atoms with Crippen LogP contribution in [0.3, 0.4) is 0 Å². The third kappa shape index (κ3) is 2.16. The normalized spacial score (nSPS) is 30.1. The molecule has 102 valence electrons. The van der Waals surface area contributed by atoms with Crippen LogP contribution < -0.4 is 0 Å². The first-order valence-electron chi connectivity index (χ1n) is 6.59. The fourth-order valence-corrected chi connectivity index (χ4v) is 4.56. The second kappa shape index (κ2) is 5.35. The van der Waals surface area contributed by atoms with Crippen LogP contribution in [-0.2, 0) is 5.72 Å². The second-order valence-corrected chi connectivity index (χ2v) is 6.39. The summed E-state index contributed by atoms with van der Waals surface area (Å²) in [7, 11) is 0. The van der Waals surface area contributed by atoms with E-state index in [1.54, 1.807) is 11.8 Å². The van der Waals surface area contributed by atoms with E-state index in [0.29, 0.717) is 5.88 Å². The Bertz CT molecular complexity index is 482. The molecular weight excluding hydrogens is 280 g/mol. The third-order valence-corrected chi connectivity index (χ3v) is 5.32. The number of rotatable bonds is 3. The SMILES string of the molecule is OC1(c2ccccc2)C(CCCl)SC2=NCCCN21. The molecule has 0 aromatic heterocycles. The standard InChI is InChI=1S/C14H17ClN2OS/c15-8-7-12-14(18,11-5-2-1-3-6-11)17-10-4-9-16-13(17)19-12/h1-3,5-6,12,18H,4,7-10H2. The number of aliphatic hydroxyl groups is 1. The van der Waals surface area contributed by atoms with Crippen LogP contribution in [0.25, 0.3) is 0 Å². The Balaban J connectivity index is 2.03. The molecule has 19 heavy (non-hydrogen) atoms. The average Bonchev–Trinajstić information content (AvgIpc) is 2.75. The minimum absolute atomic E-state index is 0.0456. The van der Waals surface area contributed by atoms with Crippen LogP contribution >= 0.6 is 23.4 Å². The Kier molecular flexibility index (Phi) is 3.74. The molecule has 0 bridgehead atoms. The number of halogens is 1. The van der Waals surface area contributed by atoms with E-state index in [0.717, 1.165) is 36.7 Å². The summed E-state index contributed by atoms with van der Waals surface area (Å²) in [6, 6.07) is 9.87. The van der Waals surface area contributed by atoms with Crippen molar-refractivity contribution >= 4 is 28.5 Å². The van der Waals surface area contributed by atoms with Crippen molar-refractivity contribution in [1.29, 1.82) is 0 Å². The van der Waals surface area contributed by atoms with Gasteiger partial charge in [0.2, 0.25) is 0 Å². The van der Waals surface area contributed by atoms with Gasteiger partial charge in [0.15, 0.2) is 10.9 Å². The van der Waals surface area contributed by atoms with Gasteiger partial charge in [-0.05, 0) is 12.8 Å². The molecule has 2 heterocycles. The van der Waals surface area contributed by atoms with E-state index >= 15 is 0 Å². The van der Waals surface area contributed by atoms with E-state index in [-0.39, 0.29) is 5.25 Å². The Labute approximate surface area is 122 Å². The Morgan fingerprint density at radius 1 is 1.42 bits per heavy atom. The molecule has 1 aromatic rings. The summed E-state index contributed by atoms with van der Waals surface area (Å²) in [6.07, 6.45) is 1.76. The molecule has 5 heteroatoms. The highest BCUT2D eigenvalue weighted by Crippen LogP contribution is 2.47. The number of alkyl halides is 1. The van der Waals surface area contributed by atoms with E-state index in [4.69, 9.17) is 11.6 Å². The van der Waals surface area contributed by atoms with Crippen molar-refractivity contribution in [3.8, 4) is 0 Å². The molecule has 1 fully saturated rings. The molecule has 1 saturated heterocycles. The quantitative estimate of drug-likeness (QED) is 0.871. The number of fused-ring (bicyclic) bond motifs is 1. The van der Waals surface area contributed by atoms with Gasteiger partial charge >= 0.3 is 0 Å². The average molecular weight is 297 g/mol. The molecule has 2 unspecified atom stereocenters. The third-order valence-electron chi connectivity index (χ3n) is 3.70. The van der Waals surface area contributed by atoms with Gasteiger partial charge in [-0.1, -0.05) is 42.1 Å². The fraction of sp³-hybridized carbons (Fsp3) is 0.500. The van der Waals surface area contributed by atoms with Gasteiger partial charge in [0.25, 0.3) is 0 Å². The maximum atomic E-state index is 11.3. The molecule has 0 aliphatic carbocycles. The van der Waals surface area contributed by atoms with Crippen molar-refractivity contribution in [3.05, 3.63) is 35.9 Å². The number of hydrogen-bond acceptors (Lipinski definition) is 4. The molecule has 0 spiro atoms. The predicted molar refractivity (Wildman–Crippen MR) is 80.7 cm³/mol. The van der Waals surface area contributed by atoms with Crippen molar-refractivity contribution in [1.82, 2.24) is 4.90 Å². The largest absolute Gasteiger partial charge is 0.366 e. The summed E-state index contributed by atoms with van der Waals surface area (Å²) in [5.41, 5.74) is -0.0372. The molecule has 0 amide bonds. The van der Waals surface area contributed by atoms with Gasteiger partial charge < -0.3 is 10.0 Å². The summed E-state index contributed by atoms with van der Waals surface area (Å²) in [5.74, 6) is 0.550. The van der Waals surface area contributed by atoms with Crippen LogP contribution in [0.5, 0.6) is 0 Å². The maximum Gasteiger partial charge on any atom is 0.178 e. The van der Waals surface area contributed by atoms with Crippen LogP contribution in [0.1, 0.15) is 18.4 Å². The minimum Gasteiger partial charge on any atom is -0.366 e. The van der Waals surface area contributed by atoms with Crippen molar-refractivity contribution in [2.24, 2.45) is 4.99 Å². The highest BCUT2D eigenvalue weighted by molar-refractivity contribution is 8.14. The summed E-state index contributed by atoms with van der Waals surface area (Å²) in [5, 5.41) is 12.3. The number of hydrogen-bond donors (Lipinski definition) is 1. The number of amidine groups is 1. The zero-order chi connectivity index (χ0) is 13.3. The van der Waals surface area contributed by atoms with Gasteiger partial charge in [0.1, 0.15) is 0 Å². The van der Waals surface area contributed by atoms with E-state index in [2.05, 4.69) is 4.99 Å². The van der Waals surface area contributed by atoms with Crippen LogP contribution in [0.2, 0.25) is 0 Å². The van der Waals surface area contributed by atoms with Crippen LogP contribution in [0.15, 0.2) is 35.3 Å². The van der Waals surface area contributed by atoms with Gasteiger partial charge in [-0.25, -0.2) is 0 Å². The smallest absolute Gasteiger partial charge is 0.178 e. The van der Waals surface area contributed by atoms with E-state index in [1.807, 2.05) is 35.2 Å². The molecule has 0 radical (unpaired) electrons. The van der Waals surface area contributed by atoms with Crippen LogP contribution in [0, 0.1) is 0 Å². The number of nitrogens with zero attached hydrogens (tertiary/aromatic N) is 2. The van der Waals surface area contributed by atoms with Gasteiger partial charge in [-0.3, -0.25) is 4.99 Å². The lowest BCUT2D eigenvalue weighted by Gasteiger charge is -2.39. The highest BCUT2D eigenvalue weighted by atomic mass is 35.5. The van der Waals surface area contributed by atoms with Crippen LogP contribution in [0.4, 0.5) is 0 Å². The molecule has 3 nitrogen and oxygen atoms in total. The zero-order valence-electron chi connectivity index (χ0n) is 10.6. The maximum absolute atomic E-state index is 11.3. The molecule has 1 aromatic carbocycles. The summed E-state index contributed by atoms with van der Waals surface area (Å²) in [4.78, 5) is 6.60. The first-order chi connectivity index (χ1) is 9.26. The number of aliphatic imine (C=N–C) groups is 1. The zero-order valence-corrected chi connectivity index (χ0v) is 12.2. The molecule has 2 aliphatic heterocycles. The van der Waals surface area contributed by atoms with E-state index in [1.165, 1.54) is 0 Å². The van der Waals surface area contributed by atoms with Gasteiger partial charge in [-0.15, -0.1) is 11.6 Å². The minimum atomic E-state index is -0.972. The molecule has 2 atom stereocenters. The van der Waals surface area contributed by atoms with Gasteiger partial charge in [-0.2, -0.15) is 0 Å². The Morgan fingerprint density at radius 3 is 2.95 bits per heavy atom. The van der Waals surface area contributed by atoms with Crippen molar-refractivity contribution in [2.45, 2.75) is 23.8 Å². The Morgan fingerprint density at radius 2 is 2.21 bits per heavy atom. The molecule has 2 aliphatic rings. The predicted octanol–water partition coefficient (Wildman–Crippen LogP) is 2.64. The van der Waals surface area contributed by atoms with Gasteiger partial charge in [0, 0.05) is 24.5 Å². The van der Waals surface area contributed by atoms with E-state index < -0.39 is 5.72 Å². The molecule has 0 saturated carbocycles. The lowest BCUT2D eigenvalue weighted by molar-refractivity contribution is -0.0726. The lowest BCUT2D eigenvalue weighted by Crippen LogP contribution is -2.50. The fourth-order valence-electron chi connectivity index (χ4n) is 2.77. The first kappa shape index (κ1) is 13.3. The summed E-state index contributed by atoms with van der Waals surface area (Å²) < 4.78 is 0. The summed E-state index contributed by atoms with van der Waals surface area (Å²) >= 11 is 7.57.